The molecule has 0 aromatic carbocycles. The third-order valence-corrected chi connectivity index (χ3v) is 5.76. The van der Waals surface area contributed by atoms with Gasteiger partial charge in [0.15, 0.2) is 0 Å². The van der Waals surface area contributed by atoms with E-state index in [1.165, 1.54) is 11.3 Å². The molecule has 3 heterocycles. The van der Waals surface area contributed by atoms with E-state index in [4.69, 9.17) is 0 Å². The number of hydrogen-bond donors (Lipinski definition) is 1. The Morgan fingerprint density at radius 1 is 1.60 bits per heavy atom. The number of thiazole rings is 1. The first-order valence-corrected chi connectivity index (χ1v) is 8.33. The molecule has 106 valence electrons. The Morgan fingerprint density at radius 3 is 3.15 bits per heavy atom. The topological polar surface area (TPSA) is 53.4 Å². The van der Waals surface area contributed by atoms with Crippen LogP contribution in [0.5, 0.6) is 0 Å². The van der Waals surface area contributed by atoms with Crippen LogP contribution < -0.4 is 0 Å². The Balaban J connectivity index is 1.89. The zero-order valence-electron chi connectivity index (χ0n) is 11.2. The van der Waals surface area contributed by atoms with E-state index in [0.29, 0.717) is 4.88 Å². The molecule has 1 aliphatic heterocycles. The molecule has 0 saturated carbocycles. The highest BCUT2D eigenvalue weighted by atomic mass is 32.1. The quantitative estimate of drug-likeness (QED) is 0.948. The maximum Gasteiger partial charge on any atom is 0.266 e. The molecule has 3 rings (SSSR count). The van der Waals surface area contributed by atoms with Gasteiger partial charge in [0.25, 0.3) is 5.91 Å². The van der Waals surface area contributed by atoms with Gasteiger partial charge in [-0.3, -0.25) is 4.79 Å². The number of carbonyl (C=O) groups is 1. The van der Waals surface area contributed by atoms with Crippen molar-refractivity contribution in [2.75, 3.05) is 13.2 Å². The molecule has 1 saturated heterocycles. The average molecular weight is 308 g/mol. The average Bonchev–Trinajstić information content (AvgIpc) is 3.17. The van der Waals surface area contributed by atoms with Crippen molar-refractivity contribution in [1.82, 2.24) is 9.88 Å². The van der Waals surface area contributed by atoms with Crippen LogP contribution in [0.4, 0.5) is 0 Å². The molecule has 0 radical (unpaired) electrons. The number of thiophene rings is 1. The monoisotopic (exact) mass is 308 g/mol. The standard InChI is InChI=1S/C14H16N2O2S2/c1-9-12(14(18)16-6-2-4-10(16)8-17)20-13(15-9)11-5-3-7-19-11/h3,5,7,10,17H,2,4,6,8H2,1H3. The molecule has 2 aromatic heterocycles. The Hall–Kier alpha value is -1.24. The third kappa shape index (κ3) is 2.39. The number of likely N-dealkylation sites (tertiary alicyclic amines) is 1. The van der Waals surface area contributed by atoms with E-state index in [1.807, 2.05) is 24.4 Å². The summed E-state index contributed by atoms with van der Waals surface area (Å²) in [5.41, 5.74) is 0.784. The summed E-state index contributed by atoms with van der Waals surface area (Å²) in [6, 6.07) is 3.97. The number of hydrogen-bond acceptors (Lipinski definition) is 5. The second-order valence-electron chi connectivity index (χ2n) is 4.89. The molecular weight excluding hydrogens is 292 g/mol. The predicted octanol–water partition coefficient (Wildman–Crippen LogP) is 2.78. The largest absolute Gasteiger partial charge is 0.394 e. The van der Waals surface area contributed by atoms with E-state index < -0.39 is 0 Å². The molecule has 6 heteroatoms. The Morgan fingerprint density at radius 2 is 2.45 bits per heavy atom. The van der Waals surface area contributed by atoms with Crippen LogP contribution in [0.15, 0.2) is 17.5 Å². The first kappa shape index (κ1) is 13.7. The molecule has 1 amide bonds. The first-order valence-electron chi connectivity index (χ1n) is 6.64. The van der Waals surface area contributed by atoms with Gasteiger partial charge in [0, 0.05) is 6.54 Å². The highest BCUT2D eigenvalue weighted by molar-refractivity contribution is 7.22. The van der Waals surface area contributed by atoms with Gasteiger partial charge in [-0.2, -0.15) is 0 Å². The van der Waals surface area contributed by atoms with Gasteiger partial charge in [0.1, 0.15) is 9.88 Å². The Kier molecular flexibility index (Phi) is 3.87. The molecule has 4 nitrogen and oxygen atoms in total. The Bertz CT molecular complexity index is 607. The maximum atomic E-state index is 12.6. The number of nitrogens with zero attached hydrogens (tertiary/aromatic N) is 2. The van der Waals surface area contributed by atoms with E-state index in [1.54, 1.807) is 16.2 Å². The van der Waals surface area contributed by atoms with Crippen molar-refractivity contribution in [3.8, 4) is 9.88 Å². The molecule has 0 bridgehead atoms. The van der Waals surface area contributed by atoms with Gasteiger partial charge in [-0.05, 0) is 31.2 Å². The van der Waals surface area contributed by atoms with Crippen LogP contribution >= 0.6 is 22.7 Å². The molecule has 1 N–H and O–H groups in total. The predicted molar refractivity (Wildman–Crippen MR) is 81.3 cm³/mol. The fraction of sp³-hybridized carbons (Fsp3) is 0.429. The normalized spacial score (nSPS) is 18.7. The lowest BCUT2D eigenvalue weighted by Gasteiger charge is -2.22. The lowest BCUT2D eigenvalue weighted by atomic mass is 10.2. The summed E-state index contributed by atoms with van der Waals surface area (Å²) in [6.07, 6.45) is 1.85. The van der Waals surface area contributed by atoms with Crippen molar-refractivity contribution in [3.05, 3.63) is 28.1 Å². The number of aliphatic hydroxyl groups excluding tert-OH is 1. The van der Waals surface area contributed by atoms with Crippen molar-refractivity contribution in [2.45, 2.75) is 25.8 Å². The van der Waals surface area contributed by atoms with Crippen LogP contribution in [0.1, 0.15) is 28.2 Å². The number of carbonyl (C=O) groups excluding carboxylic acids is 1. The lowest BCUT2D eigenvalue weighted by Crippen LogP contribution is -2.37. The van der Waals surface area contributed by atoms with Crippen LogP contribution in [0, 0.1) is 6.92 Å². The van der Waals surface area contributed by atoms with Crippen molar-refractivity contribution in [3.63, 3.8) is 0 Å². The van der Waals surface area contributed by atoms with Crippen molar-refractivity contribution >= 4 is 28.6 Å². The minimum atomic E-state index is -0.0332. The number of aryl methyl sites for hydroxylation is 1. The number of aliphatic hydroxyl groups is 1. The molecule has 1 aliphatic rings. The lowest BCUT2D eigenvalue weighted by molar-refractivity contribution is 0.0681. The first-order chi connectivity index (χ1) is 9.70. The van der Waals surface area contributed by atoms with E-state index in [2.05, 4.69) is 4.98 Å². The van der Waals surface area contributed by atoms with E-state index in [0.717, 1.165) is 35.0 Å². The number of rotatable bonds is 3. The van der Waals surface area contributed by atoms with Crippen LogP contribution in [0.3, 0.4) is 0 Å². The number of amides is 1. The van der Waals surface area contributed by atoms with Gasteiger partial charge in [-0.1, -0.05) is 6.07 Å². The smallest absolute Gasteiger partial charge is 0.266 e. The van der Waals surface area contributed by atoms with Gasteiger partial charge in [0.2, 0.25) is 0 Å². The summed E-state index contributed by atoms with van der Waals surface area (Å²) in [5.74, 6) is 0.0133. The molecular formula is C14H16N2O2S2. The maximum absolute atomic E-state index is 12.6. The van der Waals surface area contributed by atoms with Gasteiger partial charge >= 0.3 is 0 Å². The van der Waals surface area contributed by atoms with Gasteiger partial charge in [-0.15, -0.1) is 22.7 Å². The summed E-state index contributed by atoms with van der Waals surface area (Å²) in [7, 11) is 0. The van der Waals surface area contributed by atoms with Crippen LogP contribution in [0.2, 0.25) is 0 Å². The van der Waals surface area contributed by atoms with E-state index in [-0.39, 0.29) is 18.6 Å². The minimum absolute atomic E-state index is 0.0133. The summed E-state index contributed by atoms with van der Waals surface area (Å²) >= 11 is 3.08. The number of aromatic nitrogens is 1. The zero-order chi connectivity index (χ0) is 14.1. The molecule has 20 heavy (non-hydrogen) atoms. The van der Waals surface area contributed by atoms with E-state index in [9.17, 15) is 9.90 Å². The molecule has 2 aromatic rings. The fourth-order valence-corrected chi connectivity index (χ4v) is 4.34. The van der Waals surface area contributed by atoms with Gasteiger partial charge < -0.3 is 10.0 Å². The van der Waals surface area contributed by atoms with Crippen LogP contribution in [-0.2, 0) is 0 Å². The van der Waals surface area contributed by atoms with Crippen molar-refractivity contribution in [1.29, 1.82) is 0 Å². The summed E-state index contributed by atoms with van der Waals surface area (Å²) in [4.78, 5) is 20.7. The summed E-state index contributed by atoms with van der Waals surface area (Å²) < 4.78 is 0. The molecule has 1 fully saturated rings. The molecule has 1 atom stereocenters. The highest BCUT2D eigenvalue weighted by Crippen LogP contribution is 2.32. The molecule has 0 spiro atoms. The highest BCUT2D eigenvalue weighted by Gasteiger charge is 2.31. The van der Waals surface area contributed by atoms with Crippen LogP contribution in [0.25, 0.3) is 9.88 Å². The Labute approximate surface area is 125 Å². The van der Waals surface area contributed by atoms with Crippen molar-refractivity contribution in [2.24, 2.45) is 0 Å². The van der Waals surface area contributed by atoms with Crippen molar-refractivity contribution < 1.29 is 9.90 Å². The second-order valence-corrected chi connectivity index (χ2v) is 6.83. The summed E-state index contributed by atoms with van der Waals surface area (Å²) in [5, 5.41) is 12.3. The van der Waals surface area contributed by atoms with Gasteiger partial charge in [-0.25, -0.2) is 4.98 Å². The fourth-order valence-electron chi connectivity index (χ4n) is 2.52. The molecule has 0 aliphatic carbocycles. The second kappa shape index (κ2) is 5.63. The summed E-state index contributed by atoms with van der Waals surface area (Å²) in [6.45, 7) is 2.65. The molecule has 1 unspecified atom stereocenters. The van der Waals surface area contributed by atoms with Gasteiger partial charge in [0.05, 0.1) is 23.2 Å². The SMILES string of the molecule is Cc1nc(-c2cccs2)sc1C(=O)N1CCCC1CO. The zero-order valence-corrected chi connectivity index (χ0v) is 12.8. The third-order valence-electron chi connectivity index (χ3n) is 3.57. The van der Waals surface area contributed by atoms with Crippen LogP contribution in [-0.4, -0.2) is 40.1 Å². The van der Waals surface area contributed by atoms with E-state index >= 15 is 0 Å². The minimum Gasteiger partial charge on any atom is -0.394 e.